The van der Waals surface area contributed by atoms with Gasteiger partial charge in [0, 0.05) is 23.7 Å². The molecule has 0 unspecified atom stereocenters. The van der Waals surface area contributed by atoms with Gasteiger partial charge in [0.15, 0.2) is 0 Å². The van der Waals surface area contributed by atoms with Crippen LogP contribution in [0.2, 0.25) is 0 Å². The Labute approximate surface area is 151 Å². The predicted octanol–water partition coefficient (Wildman–Crippen LogP) is 4.80. The van der Waals surface area contributed by atoms with E-state index in [1.807, 2.05) is 18.3 Å². The number of nitrogens with one attached hydrogen (secondary N) is 1. The first kappa shape index (κ1) is 14.9. The molecule has 0 saturated carbocycles. The molecule has 2 aromatic heterocycles. The minimum atomic E-state index is 0.0782. The summed E-state index contributed by atoms with van der Waals surface area (Å²) in [5, 5.41) is 3.49. The van der Waals surface area contributed by atoms with E-state index in [2.05, 4.69) is 76.4 Å². The molecule has 4 aromatic rings. The summed E-state index contributed by atoms with van der Waals surface area (Å²) in [6.45, 7) is 2.11. The summed E-state index contributed by atoms with van der Waals surface area (Å²) in [5.41, 5.74) is 6.71. The van der Waals surface area contributed by atoms with E-state index in [9.17, 15) is 0 Å². The van der Waals surface area contributed by atoms with E-state index in [4.69, 9.17) is 4.98 Å². The van der Waals surface area contributed by atoms with Gasteiger partial charge in [-0.1, -0.05) is 42.0 Å². The predicted molar refractivity (Wildman–Crippen MR) is 105 cm³/mol. The summed E-state index contributed by atoms with van der Waals surface area (Å²) in [4.78, 5) is 9.07. The lowest BCUT2D eigenvalue weighted by Crippen LogP contribution is -2.19. The van der Waals surface area contributed by atoms with Crippen LogP contribution in [0.5, 0.6) is 0 Å². The molecule has 3 heterocycles. The van der Waals surface area contributed by atoms with Gasteiger partial charge in [-0.25, -0.2) is 4.98 Å². The molecule has 0 radical (unpaired) electrons. The topological polar surface area (TPSA) is 42.7 Å². The highest BCUT2D eigenvalue weighted by atomic mass is 15.2. The van der Waals surface area contributed by atoms with E-state index in [0.29, 0.717) is 0 Å². The molecule has 1 N–H and O–H groups in total. The van der Waals surface area contributed by atoms with Gasteiger partial charge in [0.1, 0.15) is 0 Å². The van der Waals surface area contributed by atoms with Gasteiger partial charge >= 0.3 is 0 Å². The number of allylic oxidation sites excluding steroid dienone is 1. The van der Waals surface area contributed by atoms with Crippen LogP contribution < -0.4 is 5.32 Å². The maximum Gasteiger partial charge on any atom is 0.209 e. The molecule has 0 fully saturated rings. The maximum absolute atomic E-state index is 4.81. The second-order valence-corrected chi connectivity index (χ2v) is 6.60. The highest BCUT2D eigenvalue weighted by Gasteiger charge is 2.25. The molecule has 0 bridgehead atoms. The Balaban J connectivity index is 1.73. The normalized spacial score (nSPS) is 16.0. The standard InChI is InChI=1S/C22H18N4/c1-15-8-10-16(11-9-15)21-13-19(17-5-4-12-23-14-17)25-22-24-18-6-2-3-7-20(18)26(21)22/h2-14,21H,1H3,(H,24,25)/t21-/m0/s1. The van der Waals surface area contributed by atoms with E-state index < -0.39 is 0 Å². The van der Waals surface area contributed by atoms with Crippen molar-refractivity contribution in [3.8, 4) is 0 Å². The molecule has 126 valence electrons. The number of fused-ring (bicyclic) bond motifs is 3. The number of aryl methyl sites for hydroxylation is 1. The van der Waals surface area contributed by atoms with Gasteiger partial charge in [-0.15, -0.1) is 0 Å². The molecule has 4 nitrogen and oxygen atoms in total. The van der Waals surface area contributed by atoms with Crippen LogP contribution in [0.1, 0.15) is 22.7 Å². The highest BCUT2D eigenvalue weighted by Crippen LogP contribution is 2.36. The largest absolute Gasteiger partial charge is 0.325 e. The minimum Gasteiger partial charge on any atom is -0.325 e. The summed E-state index contributed by atoms with van der Waals surface area (Å²) >= 11 is 0. The van der Waals surface area contributed by atoms with Crippen LogP contribution in [-0.2, 0) is 0 Å². The summed E-state index contributed by atoms with van der Waals surface area (Å²) in [6, 6.07) is 21.1. The zero-order valence-electron chi connectivity index (χ0n) is 14.4. The number of para-hydroxylation sites is 2. The third-order valence-corrected chi connectivity index (χ3v) is 4.84. The Kier molecular flexibility index (Phi) is 3.35. The number of rotatable bonds is 2. The molecule has 1 aliphatic heterocycles. The van der Waals surface area contributed by atoms with Crippen molar-refractivity contribution in [1.82, 2.24) is 14.5 Å². The van der Waals surface area contributed by atoms with Crippen molar-refractivity contribution in [2.75, 3.05) is 5.32 Å². The molecule has 0 aliphatic carbocycles. The van der Waals surface area contributed by atoms with E-state index in [0.717, 1.165) is 28.2 Å². The van der Waals surface area contributed by atoms with Gasteiger partial charge < -0.3 is 5.32 Å². The number of pyridine rings is 1. The number of anilines is 1. The SMILES string of the molecule is Cc1ccc([C@@H]2C=C(c3cccnc3)Nc3nc4ccccc4n32)cc1. The van der Waals surface area contributed by atoms with Crippen molar-refractivity contribution in [2.24, 2.45) is 0 Å². The minimum absolute atomic E-state index is 0.0782. The first-order chi connectivity index (χ1) is 12.8. The van der Waals surface area contributed by atoms with Crippen LogP contribution in [0.3, 0.4) is 0 Å². The fourth-order valence-electron chi connectivity index (χ4n) is 3.51. The number of hydrogen-bond donors (Lipinski definition) is 1. The van der Waals surface area contributed by atoms with Crippen molar-refractivity contribution in [3.05, 3.63) is 95.8 Å². The van der Waals surface area contributed by atoms with Crippen molar-refractivity contribution in [1.29, 1.82) is 0 Å². The highest BCUT2D eigenvalue weighted by molar-refractivity contribution is 5.85. The molecule has 0 saturated heterocycles. The molecular weight excluding hydrogens is 320 g/mol. The van der Waals surface area contributed by atoms with Crippen LogP contribution in [-0.4, -0.2) is 14.5 Å². The third-order valence-electron chi connectivity index (χ3n) is 4.84. The average molecular weight is 338 g/mol. The number of aromatic nitrogens is 3. The molecular formula is C22H18N4. The van der Waals surface area contributed by atoms with Crippen LogP contribution >= 0.6 is 0 Å². The van der Waals surface area contributed by atoms with Gasteiger partial charge in [-0.2, -0.15) is 0 Å². The number of imidazole rings is 1. The van der Waals surface area contributed by atoms with Gasteiger partial charge in [-0.3, -0.25) is 9.55 Å². The fourth-order valence-corrected chi connectivity index (χ4v) is 3.51. The zero-order chi connectivity index (χ0) is 17.5. The number of nitrogens with zero attached hydrogens (tertiary/aromatic N) is 3. The second-order valence-electron chi connectivity index (χ2n) is 6.60. The monoisotopic (exact) mass is 338 g/mol. The molecule has 5 rings (SSSR count). The van der Waals surface area contributed by atoms with Crippen LogP contribution in [0.15, 0.2) is 79.1 Å². The Morgan fingerprint density at radius 3 is 2.62 bits per heavy atom. The summed E-state index contributed by atoms with van der Waals surface area (Å²) in [7, 11) is 0. The lowest BCUT2D eigenvalue weighted by molar-refractivity contribution is 0.720. The van der Waals surface area contributed by atoms with E-state index in [1.165, 1.54) is 11.1 Å². The van der Waals surface area contributed by atoms with Crippen molar-refractivity contribution < 1.29 is 0 Å². The summed E-state index contributed by atoms with van der Waals surface area (Å²) in [5.74, 6) is 0.859. The Hall–Kier alpha value is -3.40. The Bertz CT molecular complexity index is 1110. The summed E-state index contributed by atoms with van der Waals surface area (Å²) in [6.07, 6.45) is 5.92. The van der Waals surface area contributed by atoms with E-state index in [-0.39, 0.29) is 6.04 Å². The smallest absolute Gasteiger partial charge is 0.209 e. The average Bonchev–Trinajstić information content (AvgIpc) is 3.07. The lowest BCUT2D eigenvalue weighted by Gasteiger charge is -2.26. The molecule has 1 atom stereocenters. The van der Waals surface area contributed by atoms with Gasteiger partial charge in [0.05, 0.1) is 17.1 Å². The zero-order valence-corrected chi connectivity index (χ0v) is 14.4. The first-order valence-corrected chi connectivity index (χ1v) is 8.72. The first-order valence-electron chi connectivity index (χ1n) is 8.72. The van der Waals surface area contributed by atoms with Gasteiger partial charge in [0.2, 0.25) is 5.95 Å². The van der Waals surface area contributed by atoms with Gasteiger partial charge in [0.25, 0.3) is 0 Å². The van der Waals surface area contributed by atoms with Crippen LogP contribution in [0.25, 0.3) is 16.7 Å². The van der Waals surface area contributed by atoms with Crippen LogP contribution in [0, 0.1) is 6.92 Å². The molecule has 4 heteroatoms. The number of hydrogen-bond acceptors (Lipinski definition) is 3. The van der Waals surface area contributed by atoms with Crippen molar-refractivity contribution in [3.63, 3.8) is 0 Å². The lowest BCUT2D eigenvalue weighted by atomic mass is 10.0. The molecule has 2 aromatic carbocycles. The Morgan fingerprint density at radius 1 is 0.962 bits per heavy atom. The van der Waals surface area contributed by atoms with Crippen molar-refractivity contribution in [2.45, 2.75) is 13.0 Å². The van der Waals surface area contributed by atoms with Crippen molar-refractivity contribution >= 4 is 22.7 Å². The van der Waals surface area contributed by atoms with E-state index in [1.54, 1.807) is 6.20 Å². The van der Waals surface area contributed by atoms with E-state index >= 15 is 0 Å². The quantitative estimate of drug-likeness (QED) is 0.571. The molecule has 1 aliphatic rings. The van der Waals surface area contributed by atoms with Crippen LogP contribution in [0.4, 0.5) is 5.95 Å². The second kappa shape index (κ2) is 5.85. The molecule has 0 spiro atoms. The fraction of sp³-hybridized carbons (Fsp3) is 0.0909. The molecule has 26 heavy (non-hydrogen) atoms. The maximum atomic E-state index is 4.81. The Morgan fingerprint density at radius 2 is 1.81 bits per heavy atom. The number of benzene rings is 2. The third kappa shape index (κ3) is 2.39. The molecule has 0 amide bonds. The van der Waals surface area contributed by atoms with Gasteiger partial charge in [-0.05, 0) is 42.8 Å². The summed E-state index contributed by atoms with van der Waals surface area (Å²) < 4.78 is 2.26.